The fourth-order valence-corrected chi connectivity index (χ4v) is 4.58. The van der Waals surface area contributed by atoms with Gasteiger partial charge in [-0.15, -0.1) is 11.3 Å². The van der Waals surface area contributed by atoms with Crippen LogP contribution < -0.4 is 0 Å². The summed E-state index contributed by atoms with van der Waals surface area (Å²) in [6.45, 7) is 0.838. The van der Waals surface area contributed by atoms with Crippen molar-refractivity contribution >= 4 is 28.6 Å². The van der Waals surface area contributed by atoms with E-state index in [9.17, 15) is 5.11 Å². The number of likely N-dealkylation sites (N-methyl/N-ethyl adjacent to an activating group) is 1. The number of aliphatic hydroxyl groups excluding tert-OH is 1. The predicted molar refractivity (Wildman–Crippen MR) is 107 cm³/mol. The van der Waals surface area contributed by atoms with Crippen LogP contribution in [0.3, 0.4) is 0 Å². The SMILES string of the molecule is CN1CC(c2cccs2)C(C(O)c2cccnc2)=C1c1ccc(Cl)cc1. The molecule has 0 bridgehead atoms. The van der Waals surface area contributed by atoms with Crippen molar-refractivity contribution < 1.29 is 5.11 Å². The predicted octanol–water partition coefficient (Wildman–Crippen LogP) is 4.97. The Morgan fingerprint density at radius 2 is 2.00 bits per heavy atom. The number of hydrogen-bond acceptors (Lipinski definition) is 4. The molecule has 3 aromatic rings. The highest BCUT2D eigenvalue weighted by Crippen LogP contribution is 2.46. The molecule has 1 N–H and O–H groups in total. The molecule has 2 aromatic heterocycles. The molecule has 1 aliphatic heterocycles. The summed E-state index contributed by atoms with van der Waals surface area (Å²) in [5.74, 6) is 0.154. The van der Waals surface area contributed by atoms with Gasteiger partial charge in [0.25, 0.3) is 0 Å². The first-order chi connectivity index (χ1) is 12.6. The number of aromatic nitrogens is 1. The van der Waals surface area contributed by atoms with Crippen molar-refractivity contribution in [1.82, 2.24) is 9.88 Å². The van der Waals surface area contributed by atoms with Gasteiger partial charge in [0.15, 0.2) is 0 Å². The van der Waals surface area contributed by atoms with Gasteiger partial charge >= 0.3 is 0 Å². The lowest BCUT2D eigenvalue weighted by atomic mass is 9.89. The zero-order valence-electron chi connectivity index (χ0n) is 14.3. The summed E-state index contributed by atoms with van der Waals surface area (Å²) in [5, 5.41) is 14.0. The molecule has 1 aromatic carbocycles. The second-order valence-electron chi connectivity index (χ2n) is 6.45. The molecule has 132 valence electrons. The molecule has 0 fully saturated rings. The van der Waals surface area contributed by atoms with Crippen LogP contribution in [0.2, 0.25) is 5.02 Å². The maximum atomic E-state index is 11.2. The monoisotopic (exact) mass is 382 g/mol. The van der Waals surface area contributed by atoms with Crippen molar-refractivity contribution in [1.29, 1.82) is 0 Å². The van der Waals surface area contributed by atoms with Crippen LogP contribution in [0.4, 0.5) is 0 Å². The number of hydrogen-bond donors (Lipinski definition) is 1. The molecule has 0 radical (unpaired) electrons. The number of rotatable bonds is 4. The number of benzene rings is 1. The van der Waals surface area contributed by atoms with E-state index in [0.29, 0.717) is 5.02 Å². The van der Waals surface area contributed by atoms with Gasteiger partial charge in [0, 0.05) is 53.1 Å². The highest BCUT2D eigenvalue weighted by atomic mass is 35.5. The van der Waals surface area contributed by atoms with Crippen LogP contribution in [0.15, 0.2) is 71.9 Å². The van der Waals surface area contributed by atoms with E-state index in [1.807, 2.05) is 36.4 Å². The standard InChI is InChI=1S/C21H19ClN2OS/c1-24-13-17(18-5-3-11-26-18)19(21(25)15-4-2-10-23-12-15)20(24)14-6-8-16(22)9-7-14/h2-12,17,21,25H,13H2,1H3. The van der Waals surface area contributed by atoms with Gasteiger partial charge in [-0.1, -0.05) is 35.9 Å². The molecule has 5 heteroatoms. The summed E-state index contributed by atoms with van der Waals surface area (Å²) < 4.78 is 0. The van der Waals surface area contributed by atoms with Crippen molar-refractivity contribution in [2.75, 3.05) is 13.6 Å². The molecule has 2 atom stereocenters. The summed E-state index contributed by atoms with van der Waals surface area (Å²) in [5.41, 5.74) is 3.96. The molecule has 4 rings (SSSR count). The molecule has 0 saturated heterocycles. The van der Waals surface area contributed by atoms with Gasteiger partial charge in [0.05, 0.1) is 0 Å². The minimum absolute atomic E-state index is 0.154. The largest absolute Gasteiger partial charge is 0.384 e. The van der Waals surface area contributed by atoms with Crippen molar-refractivity contribution in [3.05, 3.63) is 92.9 Å². The Balaban J connectivity index is 1.87. The van der Waals surface area contributed by atoms with E-state index in [2.05, 4.69) is 34.4 Å². The van der Waals surface area contributed by atoms with E-state index >= 15 is 0 Å². The minimum Gasteiger partial charge on any atom is -0.384 e. The summed E-state index contributed by atoms with van der Waals surface area (Å²) in [6.07, 6.45) is 2.76. The Morgan fingerprint density at radius 1 is 1.19 bits per heavy atom. The van der Waals surface area contributed by atoms with Gasteiger partial charge in [0.2, 0.25) is 0 Å². The molecule has 0 saturated carbocycles. The maximum Gasteiger partial charge on any atom is 0.105 e. The molecule has 26 heavy (non-hydrogen) atoms. The van der Waals surface area contributed by atoms with E-state index in [1.54, 1.807) is 23.7 Å². The van der Waals surface area contributed by atoms with Crippen molar-refractivity contribution in [2.45, 2.75) is 12.0 Å². The van der Waals surface area contributed by atoms with Crippen LogP contribution in [0, 0.1) is 0 Å². The second kappa shape index (κ2) is 7.23. The molecule has 3 nitrogen and oxygen atoms in total. The van der Waals surface area contributed by atoms with Crippen molar-refractivity contribution in [3.8, 4) is 0 Å². The number of nitrogens with zero attached hydrogens (tertiary/aromatic N) is 2. The summed E-state index contributed by atoms with van der Waals surface area (Å²) >= 11 is 7.80. The normalized spacial score (nSPS) is 18.4. The number of thiophene rings is 1. The van der Waals surface area contributed by atoms with Crippen LogP contribution in [0.1, 0.15) is 28.0 Å². The lowest BCUT2D eigenvalue weighted by Crippen LogP contribution is -2.15. The summed E-state index contributed by atoms with van der Waals surface area (Å²) in [7, 11) is 2.08. The quantitative estimate of drug-likeness (QED) is 0.692. The molecule has 0 aliphatic carbocycles. The van der Waals surface area contributed by atoms with E-state index in [4.69, 9.17) is 11.6 Å². The second-order valence-corrected chi connectivity index (χ2v) is 7.86. The fraction of sp³-hybridized carbons (Fsp3) is 0.190. The number of halogens is 1. The first-order valence-electron chi connectivity index (χ1n) is 8.47. The molecule has 3 heterocycles. The zero-order chi connectivity index (χ0) is 18.1. The molecule has 0 spiro atoms. The first kappa shape index (κ1) is 17.3. The van der Waals surface area contributed by atoms with Crippen LogP contribution in [-0.4, -0.2) is 28.6 Å². The first-order valence-corrected chi connectivity index (χ1v) is 9.73. The Morgan fingerprint density at radius 3 is 2.65 bits per heavy atom. The Hall–Kier alpha value is -2.14. The van der Waals surface area contributed by atoms with Gasteiger partial charge in [-0.2, -0.15) is 0 Å². The number of pyridine rings is 1. The third-order valence-electron chi connectivity index (χ3n) is 4.79. The van der Waals surface area contributed by atoms with Crippen LogP contribution >= 0.6 is 22.9 Å². The molecule has 1 aliphatic rings. The molecule has 2 unspecified atom stereocenters. The highest BCUT2D eigenvalue weighted by Gasteiger charge is 2.36. The Labute approximate surface area is 162 Å². The summed E-state index contributed by atoms with van der Waals surface area (Å²) in [4.78, 5) is 7.67. The van der Waals surface area contributed by atoms with Gasteiger partial charge in [0.1, 0.15) is 6.10 Å². The van der Waals surface area contributed by atoms with Crippen LogP contribution in [0.5, 0.6) is 0 Å². The third-order valence-corrected chi connectivity index (χ3v) is 6.02. The average Bonchev–Trinajstić information content (AvgIpc) is 3.30. The summed E-state index contributed by atoms with van der Waals surface area (Å²) in [6, 6.07) is 15.8. The lowest BCUT2D eigenvalue weighted by Gasteiger charge is -2.20. The van der Waals surface area contributed by atoms with Gasteiger partial charge < -0.3 is 10.0 Å². The fourth-order valence-electron chi connectivity index (χ4n) is 3.61. The third kappa shape index (κ3) is 3.16. The molecular formula is C21H19ClN2OS. The van der Waals surface area contributed by atoms with E-state index in [0.717, 1.165) is 28.9 Å². The maximum absolute atomic E-state index is 11.2. The Kier molecular flexibility index (Phi) is 4.81. The topological polar surface area (TPSA) is 36.4 Å². The lowest BCUT2D eigenvalue weighted by molar-refractivity contribution is 0.210. The van der Waals surface area contributed by atoms with Gasteiger partial charge in [-0.25, -0.2) is 0 Å². The van der Waals surface area contributed by atoms with E-state index in [-0.39, 0.29) is 5.92 Å². The van der Waals surface area contributed by atoms with Crippen LogP contribution in [0.25, 0.3) is 5.70 Å². The molecule has 0 amide bonds. The van der Waals surface area contributed by atoms with Gasteiger partial charge in [-0.05, 0) is 40.8 Å². The highest BCUT2D eigenvalue weighted by molar-refractivity contribution is 7.10. The minimum atomic E-state index is -0.702. The van der Waals surface area contributed by atoms with Crippen molar-refractivity contribution in [3.63, 3.8) is 0 Å². The molecular weight excluding hydrogens is 364 g/mol. The van der Waals surface area contributed by atoms with E-state index in [1.165, 1.54) is 4.88 Å². The van der Waals surface area contributed by atoms with Gasteiger partial charge in [-0.3, -0.25) is 4.98 Å². The Bertz CT molecular complexity index is 907. The average molecular weight is 383 g/mol. The number of aliphatic hydroxyl groups is 1. The van der Waals surface area contributed by atoms with E-state index < -0.39 is 6.10 Å². The smallest absolute Gasteiger partial charge is 0.105 e. The van der Waals surface area contributed by atoms with Crippen LogP contribution in [-0.2, 0) is 0 Å². The van der Waals surface area contributed by atoms with Crippen molar-refractivity contribution in [2.24, 2.45) is 0 Å². The zero-order valence-corrected chi connectivity index (χ0v) is 15.9.